The number of fused-ring (bicyclic) bond motifs is 6. The molecular weight excluding hydrogens is 439 g/mol. The van der Waals surface area contributed by atoms with Crippen LogP contribution in [0.15, 0.2) is 48.1 Å². The lowest BCUT2D eigenvalue weighted by molar-refractivity contribution is -0.148. The molecule has 2 aromatic carbocycles. The molecule has 148 valence electrons. The van der Waals surface area contributed by atoms with Crippen LogP contribution in [0, 0.1) is 11.8 Å². The number of esters is 1. The fraction of sp³-hybridized carbons (Fsp3) is 0.190. The number of hydrogen-bond donors (Lipinski definition) is 2. The standard InChI is InChI=1S/C21H13Cl3O5/c22-8-9-1-2-11-10(3-9)20(27)29-21(11)12-4-14(23)16(25)6-18(12)28-19-7-17(26)15(24)5-13(19)21/h1-7,10-11,25-26H,8H2. The van der Waals surface area contributed by atoms with Gasteiger partial charge in [-0.1, -0.05) is 41.4 Å². The van der Waals surface area contributed by atoms with E-state index in [1.807, 2.05) is 12.2 Å². The SMILES string of the molecule is O=C1OC2(c3cc(Cl)c(O)cc3Oc3cc(O)c(Cl)cc32)C2C=CC(CCl)=CC12. The van der Waals surface area contributed by atoms with Crippen LogP contribution in [0.1, 0.15) is 11.1 Å². The number of alkyl halides is 1. The van der Waals surface area contributed by atoms with Crippen LogP contribution in [0.4, 0.5) is 0 Å². The van der Waals surface area contributed by atoms with E-state index in [4.69, 9.17) is 44.3 Å². The molecule has 1 spiro atoms. The summed E-state index contributed by atoms with van der Waals surface area (Å²) in [7, 11) is 0. The van der Waals surface area contributed by atoms with Crippen LogP contribution < -0.4 is 4.74 Å². The number of carbonyl (C=O) groups excluding carboxylic acids is 1. The summed E-state index contributed by atoms with van der Waals surface area (Å²) in [5, 5.41) is 20.3. The number of halogens is 3. The molecule has 5 nitrogen and oxygen atoms in total. The Morgan fingerprint density at radius 2 is 1.59 bits per heavy atom. The zero-order valence-electron chi connectivity index (χ0n) is 14.7. The quantitative estimate of drug-likeness (QED) is 0.456. The van der Waals surface area contributed by atoms with Gasteiger partial charge in [-0.05, 0) is 17.7 Å². The molecule has 5 rings (SSSR count). The van der Waals surface area contributed by atoms with Crippen LogP contribution in [-0.2, 0) is 15.1 Å². The number of phenols is 2. The molecule has 1 fully saturated rings. The summed E-state index contributed by atoms with van der Waals surface area (Å²) < 4.78 is 11.9. The van der Waals surface area contributed by atoms with Crippen LogP contribution in [0.3, 0.4) is 0 Å². The molecule has 29 heavy (non-hydrogen) atoms. The number of carbonyl (C=O) groups is 1. The predicted octanol–water partition coefficient (Wildman–Crippen LogP) is 5.28. The number of hydrogen-bond acceptors (Lipinski definition) is 5. The van der Waals surface area contributed by atoms with Crippen molar-refractivity contribution in [3.63, 3.8) is 0 Å². The second-order valence-electron chi connectivity index (χ2n) is 7.14. The molecule has 2 N–H and O–H groups in total. The summed E-state index contributed by atoms with van der Waals surface area (Å²) in [6, 6.07) is 5.78. The Morgan fingerprint density at radius 1 is 1.00 bits per heavy atom. The first-order chi connectivity index (χ1) is 13.8. The van der Waals surface area contributed by atoms with Crippen molar-refractivity contribution in [1.29, 1.82) is 0 Å². The molecule has 1 aliphatic carbocycles. The Morgan fingerprint density at radius 3 is 2.14 bits per heavy atom. The maximum absolute atomic E-state index is 12.9. The first kappa shape index (κ1) is 18.7. The van der Waals surface area contributed by atoms with Crippen LogP contribution in [0.25, 0.3) is 0 Å². The average molecular weight is 452 g/mol. The maximum Gasteiger partial charge on any atom is 0.314 e. The van der Waals surface area contributed by atoms with Crippen LogP contribution >= 0.6 is 34.8 Å². The number of benzene rings is 2. The second-order valence-corrected chi connectivity index (χ2v) is 8.23. The lowest BCUT2D eigenvalue weighted by Gasteiger charge is -2.40. The predicted molar refractivity (Wildman–Crippen MR) is 108 cm³/mol. The Bertz CT molecular complexity index is 1080. The van der Waals surface area contributed by atoms with Gasteiger partial charge in [0.05, 0.1) is 16.0 Å². The van der Waals surface area contributed by atoms with Crippen molar-refractivity contribution < 1.29 is 24.5 Å². The molecule has 2 unspecified atom stereocenters. The third kappa shape index (κ3) is 2.51. The summed E-state index contributed by atoms with van der Waals surface area (Å²) in [5.41, 5.74) is 0.511. The number of rotatable bonds is 1. The van der Waals surface area contributed by atoms with Crippen molar-refractivity contribution >= 4 is 40.8 Å². The van der Waals surface area contributed by atoms with Crippen molar-refractivity contribution in [3.05, 3.63) is 69.2 Å². The Kier molecular flexibility index (Phi) is 4.07. The Balaban J connectivity index is 1.82. The molecule has 2 aromatic rings. The fourth-order valence-electron chi connectivity index (χ4n) is 4.29. The van der Waals surface area contributed by atoms with Crippen molar-refractivity contribution in [2.75, 3.05) is 5.88 Å². The summed E-state index contributed by atoms with van der Waals surface area (Å²) in [5.74, 6) is -0.940. The minimum atomic E-state index is -1.29. The van der Waals surface area contributed by atoms with Gasteiger partial charge in [0, 0.05) is 35.1 Å². The van der Waals surface area contributed by atoms with E-state index < -0.39 is 23.4 Å². The summed E-state index contributed by atoms with van der Waals surface area (Å²) >= 11 is 18.3. The van der Waals surface area contributed by atoms with Crippen LogP contribution in [0.5, 0.6) is 23.0 Å². The van der Waals surface area contributed by atoms with E-state index in [2.05, 4.69) is 0 Å². The number of allylic oxidation sites excluding steroid dienone is 2. The lowest BCUT2D eigenvalue weighted by Crippen LogP contribution is -2.38. The minimum Gasteiger partial charge on any atom is -0.506 e. The minimum absolute atomic E-state index is 0.0938. The molecule has 0 saturated carbocycles. The van der Waals surface area contributed by atoms with E-state index in [0.29, 0.717) is 11.1 Å². The van der Waals surface area contributed by atoms with Gasteiger partial charge in [-0.2, -0.15) is 0 Å². The molecule has 0 radical (unpaired) electrons. The van der Waals surface area contributed by atoms with Crippen molar-refractivity contribution in [2.24, 2.45) is 11.8 Å². The van der Waals surface area contributed by atoms with Crippen LogP contribution in [0.2, 0.25) is 10.0 Å². The molecule has 1 saturated heterocycles. The Labute approximate surface area is 180 Å². The highest BCUT2D eigenvalue weighted by atomic mass is 35.5. The number of phenolic OH excluding ortho intramolecular Hbond substituents is 2. The van der Waals surface area contributed by atoms with Gasteiger partial charge in [0.25, 0.3) is 0 Å². The second kappa shape index (κ2) is 6.33. The molecular formula is C21H13Cl3O5. The molecule has 3 aliphatic rings. The van der Waals surface area contributed by atoms with E-state index in [9.17, 15) is 15.0 Å². The van der Waals surface area contributed by atoms with Gasteiger partial charge in [-0.15, -0.1) is 11.6 Å². The van der Waals surface area contributed by atoms with Gasteiger partial charge in [0.15, 0.2) is 5.60 Å². The maximum atomic E-state index is 12.9. The summed E-state index contributed by atoms with van der Waals surface area (Å²) in [4.78, 5) is 12.9. The van der Waals surface area contributed by atoms with Gasteiger partial charge in [0.2, 0.25) is 0 Å². The van der Waals surface area contributed by atoms with Crippen molar-refractivity contribution in [1.82, 2.24) is 0 Å². The third-order valence-electron chi connectivity index (χ3n) is 5.57. The molecule has 0 aromatic heterocycles. The average Bonchev–Trinajstić information content (AvgIpc) is 2.98. The zero-order valence-corrected chi connectivity index (χ0v) is 16.9. The zero-order chi connectivity index (χ0) is 20.5. The van der Waals surface area contributed by atoms with Gasteiger partial charge in [0.1, 0.15) is 23.0 Å². The molecule has 2 aliphatic heterocycles. The fourth-order valence-corrected chi connectivity index (χ4v) is 4.80. The molecule has 2 atom stereocenters. The smallest absolute Gasteiger partial charge is 0.314 e. The van der Waals surface area contributed by atoms with Gasteiger partial charge < -0.3 is 19.7 Å². The number of ether oxygens (including phenoxy) is 2. The highest BCUT2D eigenvalue weighted by molar-refractivity contribution is 6.32. The van der Waals surface area contributed by atoms with Crippen molar-refractivity contribution in [2.45, 2.75) is 5.60 Å². The van der Waals surface area contributed by atoms with E-state index in [1.165, 1.54) is 24.3 Å². The van der Waals surface area contributed by atoms with E-state index in [-0.39, 0.29) is 38.9 Å². The van der Waals surface area contributed by atoms with Crippen LogP contribution in [-0.4, -0.2) is 22.1 Å². The first-order valence-corrected chi connectivity index (χ1v) is 10.1. The van der Waals surface area contributed by atoms with E-state index >= 15 is 0 Å². The van der Waals surface area contributed by atoms with Gasteiger partial charge in [-0.3, -0.25) is 4.79 Å². The molecule has 0 amide bonds. The number of aromatic hydroxyl groups is 2. The molecule has 0 bridgehead atoms. The Hall–Kier alpha value is -2.34. The monoisotopic (exact) mass is 450 g/mol. The summed E-state index contributed by atoms with van der Waals surface area (Å²) in [6.07, 6.45) is 5.54. The topological polar surface area (TPSA) is 76.0 Å². The highest BCUT2D eigenvalue weighted by Gasteiger charge is 2.60. The lowest BCUT2D eigenvalue weighted by atomic mass is 9.69. The van der Waals surface area contributed by atoms with Gasteiger partial charge in [-0.25, -0.2) is 0 Å². The molecule has 8 heteroatoms. The molecule has 2 heterocycles. The van der Waals surface area contributed by atoms with E-state index in [1.54, 1.807) is 6.08 Å². The van der Waals surface area contributed by atoms with Crippen molar-refractivity contribution in [3.8, 4) is 23.0 Å². The van der Waals surface area contributed by atoms with E-state index in [0.717, 1.165) is 5.57 Å². The first-order valence-electron chi connectivity index (χ1n) is 8.76. The van der Waals surface area contributed by atoms with Gasteiger partial charge >= 0.3 is 5.97 Å². The summed E-state index contributed by atoms with van der Waals surface area (Å²) in [6.45, 7) is 0. The largest absolute Gasteiger partial charge is 0.506 e. The normalized spacial score (nSPS) is 23.0. The highest BCUT2D eigenvalue weighted by Crippen LogP contribution is 2.61. The third-order valence-corrected chi connectivity index (χ3v) is 6.49.